The topological polar surface area (TPSA) is 101 Å². The first kappa shape index (κ1) is 9.69. The van der Waals surface area contributed by atoms with Gasteiger partial charge in [-0.1, -0.05) is 0 Å². The Morgan fingerprint density at radius 3 is 2.92 bits per heavy atom. The second-order valence-electron chi connectivity index (χ2n) is 2.54. The first-order valence-corrected chi connectivity index (χ1v) is 3.78. The summed E-state index contributed by atoms with van der Waals surface area (Å²) < 4.78 is 1.01. The maximum absolute atomic E-state index is 11.1. The quantitative estimate of drug-likeness (QED) is 0.543. The highest BCUT2D eigenvalue weighted by Crippen LogP contribution is 2.03. The lowest BCUT2D eigenvalue weighted by atomic mass is 10.4. The highest BCUT2D eigenvalue weighted by atomic mass is 16.3. The van der Waals surface area contributed by atoms with Crippen LogP contribution in [0.5, 0.6) is 0 Å². The molecule has 0 saturated heterocycles. The van der Waals surface area contributed by atoms with E-state index in [1.54, 1.807) is 0 Å². The lowest BCUT2D eigenvalue weighted by Gasteiger charge is -2.11. The molecule has 0 aromatic carbocycles. The fourth-order valence-electron chi connectivity index (χ4n) is 0.907. The van der Waals surface area contributed by atoms with Gasteiger partial charge in [0.2, 0.25) is 0 Å². The van der Waals surface area contributed by atoms with Gasteiger partial charge < -0.3 is 15.9 Å². The molecule has 0 aliphatic rings. The third-order valence-corrected chi connectivity index (χ3v) is 1.56. The molecule has 1 aromatic rings. The van der Waals surface area contributed by atoms with E-state index in [0.29, 0.717) is 0 Å². The third kappa shape index (κ3) is 2.27. The van der Waals surface area contributed by atoms with Crippen LogP contribution in [0.25, 0.3) is 0 Å². The SMILES string of the molecule is Nc1ccn([C@@H](O)CCO)c(=O)n1. The van der Waals surface area contributed by atoms with Gasteiger partial charge in [0.25, 0.3) is 0 Å². The maximum Gasteiger partial charge on any atom is 0.351 e. The zero-order chi connectivity index (χ0) is 9.84. The molecule has 1 atom stereocenters. The normalized spacial score (nSPS) is 12.8. The molecule has 0 spiro atoms. The van der Waals surface area contributed by atoms with Crippen LogP contribution in [0.1, 0.15) is 12.6 Å². The van der Waals surface area contributed by atoms with Gasteiger partial charge in [0.1, 0.15) is 12.0 Å². The standard InChI is InChI=1S/C7H11N3O3/c8-5-1-3-10(7(13)9-5)6(12)2-4-11/h1,3,6,11-12H,2,4H2,(H2,8,9,13)/t6-/m0/s1. The largest absolute Gasteiger partial charge is 0.396 e. The van der Waals surface area contributed by atoms with Crippen LogP contribution in [0.2, 0.25) is 0 Å². The van der Waals surface area contributed by atoms with E-state index in [9.17, 15) is 9.90 Å². The zero-order valence-electron chi connectivity index (χ0n) is 6.92. The Morgan fingerprint density at radius 2 is 2.38 bits per heavy atom. The van der Waals surface area contributed by atoms with E-state index in [4.69, 9.17) is 10.8 Å². The number of nitrogen functional groups attached to an aromatic ring is 1. The maximum atomic E-state index is 11.1. The van der Waals surface area contributed by atoms with E-state index in [1.165, 1.54) is 12.3 Å². The predicted molar refractivity (Wildman–Crippen MR) is 45.9 cm³/mol. The van der Waals surface area contributed by atoms with E-state index in [-0.39, 0.29) is 18.8 Å². The summed E-state index contributed by atoms with van der Waals surface area (Å²) in [6.07, 6.45) is 0.377. The summed E-state index contributed by atoms with van der Waals surface area (Å²) in [6.45, 7) is -0.196. The summed E-state index contributed by atoms with van der Waals surface area (Å²) >= 11 is 0. The van der Waals surface area contributed by atoms with E-state index in [1.807, 2.05) is 0 Å². The van der Waals surface area contributed by atoms with Crippen molar-refractivity contribution in [2.75, 3.05) is 12.3 Å². The second kappa shape index (κ2) is 4.01. The lowest BCUT2D eigenvalue weighted by Crippen LogP contribution is -2.27. The molecule has 0 aliphatic carbocycles. The molecular weight excluding hydrogens is 174 g/mol. The van der Waals surface area contributed by atoms with Crippen molar-refractivity contribution >= 4 is 5.82 Å². The Kier molecular flexibility index (Phi) is 2.99. The van der Waals surface area contributed by atoms with Crippen molar-refractivity contribution in [2.24, 2.45) is 0 Å². The summed E-state index contributed by atoms with van der Waals surface area (Å²) in [5.74, 6) is 0.109. The fourth-order valence-corrected chi connectivity index (χ4v) is 0.907. The molecule has 1 rings (SSSR count). The molecule has 0 saturated carbocycles. The monoisotopic (exact) mass is 185 g/mol. The molecule has 4 N–H and O–H groups in total. The van der Waals surface area contributed by atoms with Gasteiger partial charge in [-0.3, -0.25) is 4.57 Å². The van der Waals surface area contributed by atoms with Crippen molar-refractivity contribution in [2.45, 2.75) is 12.6 Å². The summed E-state index contributed by atoms with van der Waals surface area (Å²) in [5, 5.41) is 17.8. The van der Waals surface area contributed by atoms with Crippen molar-refractivity contribution in [1.29, 1.82) is 0 Å². The number of nitrogens with two attached hydrogens (primary N) is 1. The number of aromatic nitrogens is 2. The van der Waals surface area contributed by atoms with Crippen LogP contribution >= 0.6 is 0 Å². The minimum atomic E-state index is -1.05. The van der Waals surface area contributed by atoms with Crippen LogP contribution in [0, 0.1) is 0 Å². The predicted octanol–water partition coefficient (Wildman–Crippen LogP) is -1.30. The van der Waals surface area contributed by atoms with Crippen molar-refractivity contribution in [1.82, 2.24) is 9.55 Å². The molecule has 6 nitrogen and oxygen atoms in total. The molecule has 0 amide bonds. The van der Waals surface area contributed by atoms with Crippen molar-refractivity contribution in [3.05, 3.63) is 22.7 Å². The number of hydrogen-bond donors (Lipinski definition) is 3. The summed E-state index contributed by atoms with van der Waals surface area (Å²) in [5.41, 5.74) is 4.62. The van der Waals surface area contributed by atoms with Crippen LogP contribution in [0.4, 0.5) is 5.82 Å². The van der Waals surface area contributed by atoms with Crippen molar-refractivity contribution in [3.63, 3.8) is 0 Å². The summed E-state index contributed by atoms with van der Waals surface area (Å²) in [7, 11) is 0. The smallest absolute Gasteiger partial charge is 0.351 e. The lowest BCUT2D eigenvalue weighted by molar-refractivity contribution is 0.0686. The molecule has 72 valence electrons. The summed E-state index contributed by atoms with van der Waals surface area (Å²) in [6, 6.07) is 1.40. The average Bonchev–Trinajstić information content (AvgIpc) is 2.04. The van der Waals surface area contributed by atoms with Gasteiger partial charge in [-0.2, -0.15) is 4.98 Å². The van der Waals surface area contributed by atoms with Crippen molar-refractivity contribution in [3.8, 4) is 0 Å². The minimum Gasteiger partial charge on any atom is -0.396 e. The van der Waals surface area contributed by atoms with Crippen LogP contribution in [0.3, 0.4) is 0 Å². The fraction of sp³-hybridized carbons (Fsp3) is 0.429. The van der Waals surface area contributed by atoms with Crippen molar-refractivity contribution < 1.29 is 10.2 Å². The zero-order valence-corrected chi connectivity index (χ0v) is 6.92. The van der Waals surface area contributed by atoms with Gasteiger partial charge in [0.05, 0.1) is 0 Å². The van der Waals surface area contributed by atoms with Gasteiger partial charge in [0.15, 0.2) is 0 Å². The number of aliphatic hydroxyl groups excluding tert-OH is 2. The van der Waals surface area contributed by atoms with Gasteiger partial charge in [-0.25, -0.2) is 4.79 Å². The number of aliphatic hydroxyl groups is 2. The molecule has 0 unspecified atom stereocenters. The Morgan fingerprint density at radius 1 is 1.69 bits per heavy atom. The Balaban J connectivity index is 2.95. The number of nitrogens with zero attached hydrogens (tertiary/aromatic N) is 2. The van der Waals surface area contributed by atoms with E-state index >= 15 is 0 Å². The number of hydrogen-bond acceptors (Lipinski definition) is 5. The first-order chi connectivity index (χ1) is 6.15. The number of anilines is 1. The Labute approximate surface area is 74.3 Å². The van der Waals surface area contributed by atoms with Gasteiger partial charge >= 0.3 is 5.69 Å². The summed E-state index contributed by atoms with van der Waals surface area (Å²) in [4.78, 5) is 14.5. The molecule has 6 heteroatoms. The van der Waals surface area contributed by atoms with Gasteiger partial charge in [-0.05, 0) is 6.07 Å². The van der Waals surface area contributed by atoms with Crippen LogP contribution in [-0.4, -0.2) is 26.4 Å². The van der Waals surface area contributed by atoms with Gasteiger partial charge in [0, 0.05) is 19.2 Å². The Hall–Kier alpha value is -1.40. The molecule has 1 aromatic heterocycles. The Bertz CT molecular complexity index is 336. The molecule has 0 fully saturated rings. The number of rotatable bonds is 3. The highest BCUT2D eigenvalue weighted by molar-refractivity contribution is 5.23. The molecule has 0 radical (unpaired) electrons. The van der Waals surface area contributed by atoms with Gasteiger partial charge in [-0.15, -0.1) is 0 Å². The molecular formula is C7H11N3O3. The third-order valence-electron chi connectivity index (χ3n) is 1.56. The van der Waals surface area contributed by atoms with E-state index in [2.05, 4.69) is 4.98 Å². The van der Waals surface area contributed by atoms with Crippen LogP contribution in [-0.2, 0) is 0 Å². The molecule has 0 bridgehead atoms. The highest BCUT2D eigenvalue weighted by Gasteiger charge is 2.07. The van der Waals surface area contributed by atoms with E-state index in [0.717, 1.165) is 4.57 Å². The second-order valence-corrected chi connectivity index (χ2v) is 2.54. The minimum absolute atomic E-state index is 0.0888. The molecule has 13 heavy (non-hydrogen) atoms. The molecule has 0 aliphatic heterocycles. The van der Waals surface area contributed by atoms with E-state index < -0.39 is 11.9 Å². The average molecular weight is 185 g/mol. The first-order valence-electron chi connectivity index (χ1n) is 3.78. The van der Waals surface area contributed by atoms with Crippen LogP contribution in [0.15, 0.2) is 17.1 Å². The molecule has 1 heterocycles. The van der Waals surface area contributed by atoms with Crippen LogP contribution < -0.4 is 11.4 Å².